The van der Waals surface area contributed by atoms with E-state index in [1.165, 1.54) is 12.8 Å². The average molecular weight is 347 g/mol. The van der Waals surface area contributed by atoms with Crippen molar-refractivity contribution in [3.05, 3.63) is 23.8 Å². The Kier molecular flexibility index (Phi) is 6.02. The fraction of sp³-hybridized carbons (Fsp3) is 0.632. The topological polar surface area (TPSA) is 62.8 Å². The van der Waals surface area contributed by atoms with Crippen LogP contribution >= 0.6 is 0 Å². The summed E-state index contributed by atoms with van der Waals surface area (Å²) >= 11 is 0. The van der Waals surface area contributed by atoms with Gasteiger partial charge in [0.05, 0.1) is 6.04 Å². The summed E-state index contributed by atoms with van der Waals surface area (Å²) < 4.78 is 10.9. The Morgan fingerprint density at radius 2 is 1.92 bits per heavy atom. The van der Waals surface area contributed by atoms with E-state index in [0.29, 0.717) is 19.0 Å². The van der Waals surface area contributed by atoms with Gasteiger partial charge < -0.3 is 20.1 Å². The van der Waals surface area contributed by atoms with Crippen molar-refractivity contribution in [1.82, 2.24) is 15.5 Å². The number of amides is 2. The number of hydrogen-bond donors (Lipinski definition) is 2. The molecular formula is C19H29N3O3. The molecule has 0 aliphatic carbocycles. The third-order valence-corrected chi connectivity index (χ3v) is 4.83. The fourth-order valence-electron chi connectivity index (χ4n) is 3.36. The molecule has 2 aliphatic rings. The van der Waals surface area contributed by atoms with Gasteiger partial charge in [0.15, 0.2) is 11.5 Å². The smallest absolute Gasteiger partial charge is 0.314 e. The predicted molar refractivity (Wildman–Crippen MR) is 97.0 cm³/mol. The second kappa shape index (κ2) is 8.43. The standard InChI is InChI=1S/C19H29N3O3/c1-14(2)7-8-20-19(23)21-12-16(22-9-3-4-10-22)15-5-6-17-18(11-15)25-13-24-17/h5-6,11,14,16H,3-4,7-10,12-13H2,1-2H3,(H2,20,21,23). The molecule has 2 N–H and O–H groups in total. The number of fused-ring (bicyclic) bond motifs is 1. The normalized spacial score (nSPS) is 17.7. The van der Waals surface area contributed by atoms with Crippen LogP contribution in [0, 0.1) is 5.92 Å². The van der Waals surface area contributed by atoms with Gasteiger partial charge in [0, 0.05) is 13.1 Å². The minimum atomic E-state index is -0.0920. The highest BCUT2D eigenvalue weighted by molar-refractivity contribution is 5.73. The first-order valence-electron chi connectivity index (χ1n) is 9.29. The largest absolute Gasteiger partial charge is 0.454 e. The number of urea groups is 1. The van der Waals surface area contributed by atoms with E-state index in [4.69, 9.17) is 9.47 Å². The molecule has 2 heterocycles. The van der Waals surface area contributed by atoms with E-state index in [0.717, 1.165) is 36.6 Å². The van der Waals surface area contributed by atoms with Crippen molar-refractivity contribution >= 4 is 6.03 Å². The minimum absolute atomic E-state index is 0.0920. The molecule has 1 saturated heterocycles. The second-order valence-corrected chi connectivity index (χ2v) is 7.19. The van der Waals surface area contributed by atoms with Gasteiger partial charge in [0.2, 0.25) is 6.79 Å². The molecule has 6 nitrogen and oxygen atoms in total. The number of ether oxygens (including phenoxy) is 2. The molecule has 3 rings (SSSR count). The van der Waals surface area contributed by atoms with Crippen LogP contribution in [-0.4, -0.2) is 43.9 Å². The molecule has 0 radical (unpaired) electrons. The Balaban J connectivity index is 1.61. The summed E-state index contributed by atoms with van der Waals surface area (Å²) in [6, 6.07) is 6.15. The van der Waals surface area contributed by atoms with Gasteiger partial charge in [-0.1, -0.05) is 19.9 Å². The van der Waals surface area contributed by atoms with Crippen molar-refractivity contribution in [3.8, 4) is 11.5 Å². The molecule has 2 amide bonds. The molecule has 1 fully saturated rings. The van der Waals surface area contributed by atoms with Gasteiger partial charge in [-0.3, -0.25) is 4.90 Å². The van der Waals surface area contributed by atoms with Crippen molar-refractivity contribution in [3.63, 3.8) is 0 Å². The van der Waals surface area contributed by atoms with E-state index in [1.54, 1.807) is 0 Å². The predicted octanol–water partition coefficient (Wildman–Crippen LogP) is 2.90. The number of carbonyl (C=O) groups excluding carboxylic acids is 1. The zero-order chi connectivity index (χ0) is 17.6. The molecule has 1 aromatic rings. The number of benzene rings is 1. The molecule has 0 spiro atoms. The number of rotatable bonds is 7. The highest BCUT2D eigenvalue weighted by Crippen LogP contribution is 2.36. The first-order chi connectivity index (χ1) is 12.1. The van der Waals surface area contributed by atoms with Crippen LogP contribution in [0.15, 0.2) is 18.2 Å². The van der Waals surface area contributed by atoms with Crippen LogP contribution in [0.4, 0.5) is 4.79 Å². The summed E-state index contributed by atoms with van der Waals surface area (Å²) in [6.07, 6.45) is 3.41. The zero-order valence-corrected chi connectivity index (χ0v) is 15.2. The molecule has 0 aromatic heterocycles. The Labute approximate surface area is 149 Å². The maximum Gasteiger partial charge on any atom is 0.314 e. The van der Waals surface area contributed by atoms with Crippen LogP contribution in [-0.2, 0) is 0 Å². The van der Waals surface area contributed by atoms with Gasteiger partial charge in [-0.2, -0.15) is 0 Å². The summed E-state index contributed by atoms with van der Waals surface area (Å²) in [5, 5.41) is 5.98. The zero-order valence-electron chi connectivity index (χ0n) is 15.2. The maximum atomic E-state index is 12.1. The van der Waals surface area contributed by atoms with Crippen molar-refractivity contribution in [2.24, 2.45) is 5.92 Å². The molecule has 1 atom stereocenters. The van der Waals surface area contributed by atoms with Crippen molar-refractivity contribution in [2.75, 3.05) is 33.0 Å². The number of nitrogens with one attached hydrogen (secondary N) is 2. The first kappa shape index (κ1) is 17.9. The summed E-state index contributed by atoms with van der Waals surface area (Å²) in [5.74, 6) is 2.18. The monoisotopic (exact) mass is 347 g/mol. The Morgan fingerprint density at radius 1 is 1.16 bits per heavy atom. The van der Waals surface area contributed by atoms with Gasteiger partial charge in [-0.25, -0.2) is 4.79 Å². The molecular weight excluding hydrogens is 318 g/mol. The van der Waals surface area contributed by atoms with E-state index in [2.05, 4.69) is 35.4 Å². The van der Waals surface area contributed by atoms with Gasteiger partial charge in [0.1, 0.15) is 0 Å². The van der Waals surface area contributed by atoms with Crippen molar-refractivity contribution in [2.45, 2.75) is 39.2 Å². The molecule has 2 aliphatic heterocycles. The lowest BCUT2D eigenvalue weighted by Crippen LogP contribution is -2.42. The summed E-state index contributed by atoms with van der Waals surface area (Å²) in [6.45, 7) is 8.02. The quantitative estimate of drug-likeness (QED) is 0.796. The fourth-order valence-corrected chi connectivity index (χ4v) is 3.36. The van der Waals surface area contributed by atoms with Gasteiger partial charge in [-0.05, 0) is 56.0 Å². The Hall–Kier alpha value is -1.95. The lowest BCUT2D eigenvalue weighted by molar-refractivity contribution is 0.173. The summed E-state index contributed by atoms with van der Waals surface area (Å²) in [4.78, 5) is 14.5. The number of nitrogens with zero attached hydrogens (tertiary/aromatic N) is 1. The third kappa shape index (κ3) is 4.78. The van der Waals surface area contributed by atoms with E-state index >= 15 is 0 Å². The lowest BCUT2D eigenvalue weighted by Gasteiger charge is -2.28. The second-order valence-electron chi connectivity index (χ2n) is 7.19. The number of carbonyl (C=O) groups is 1. The molecule has 6 heteroatoms. The van der Waals surface area contributed by atoms with Crippen LogP contribution in [0.5, 0.6) is 11.5 Å². The SMILES string of the molecule is CC(C)CCNC(=O)NCC(c1ccc2c(c1)OCO2)N1CCCC1. The summed E-state index contributed by atoms with van der Waals surface area (Å²) in [7, 11) is 0. The average Bonchev–Trinajstić information content (AvgIpc) is 3.26. The third-order valence-electron chi connectivity index (χ3n) is 4.83. The molecule has 1 aromatic carbocycles. The molecule has 25 heavy (non-hydrogen) atoms. The summed E-state index contributed by atoms with van der Waals surface area (Å²) in [5.41, 5.74) is 1.16. The Bertz CT molecular complexity index is 585. The van der Waals surface area contributed by atoms with Gasteiger partial charge in [0.25, 0.3) is 0 Å². The minimum Gasteiger partial charge on any atom is -0.454 e. The van der Waals surface area contributed by atoms with Crippen LogP contribution < -0.4 is 20.1 Å². The molecule has 138 valence electrons. The Morgan fingerprint density at radius 3 is 2.68 bits per heavy atom. The van der Waals surface area contributed by atoms with Gasteiger partial charge >= 0.3 is 6.03 Å². The van der Waals surface area contributed by atoms with Gasteiger partial charge in [-0.15, -0.1) is 0 Å². The number of hydrogen-bond acceptors (Lipinski definition) is 4. The highest BCUT2D eigenvalue weighted by atomic mass is 16.7. The van der Waals surface area contributed by atoms with Crippen molar-refractivity contribution in [1.29, 1.82) is 0 Å². The molecule has 1 unspecified atom stereocenters. The van der Waals surface area contributed by atoms with Crippen LogP contribution in [0.2, 0.25) is 0 Å². The lowest BCUT2D eigenvalue weighted by atomic mass is 10.0. The van der Waals surface area contributed by atoms with Crippen LogP contribution in [0.25, 0.3) is 0 Å². The van der Waals surface area contributed by atoms with Crippen LogP contribution in [0.1, 0.15) is 44.7 Å². The van der Waals surface area contributed by atoms with Crippen molar-refractivity contribution < 1.29 is 14.3 Å². The molecule has 0 bridgehead atoms. The highest BCUT2D eigenvalue weighted by Gasteiger charge is 2.26. The van der Waals surface area contributed by atoms with Crippen LogP contribution in [0.3, 0.4) is 0 Å². The first-order valence-corrected chi connectivity index (χ1v) is 9.29. The molecule has 0 saturated carbocycles. The van der Waals surface area contributed by atoms with E-state index in [9.17, 15) is 4.79 Å². The van der Waals surface area contributed by atoms with E-state index in [1.807, 2.05) is 12.1 Å². The van der Waals surface area contributed by atoms with E-state index in [-0.39, 0.29) is 18.9 Å². The maximum absolute atomic E-state index is 12.1. The number of likely N-dealkylation sites (tertiary alicyclic amines) is 1. The van der Waals surface area contributed by atoms with E-state index < -0.39 is 0 Å².